The van der Waals surface area contributed by atoms with Crippen molar-refractivity contribution in [1.82, 2.24) is 0 Å². The molecule has 0 atom stereocenters. The Hall–Kier alpha value is -3.58. The van der Waals surface area contributed by atoms with E-state index in [1.165, 1.54) is 44.8 Å². The summed E-state index contributed by atoms with van der Waals surface area (Å²) in [5.74, 6) is 0. The molecular weight excluding hydrogens is 446 g/mol. The Labute approximate surface area is 224 Å². The van der Waals surface area contributed by atoms with E-state index in [1.54, 1.807) is 0 Å². The summed E-state index contributed by atoms with van der Waals surface area (Å²) in [6.07, 6.45) is 4.47. The molecule has 0 aliphatic heterocycles. The van der Waals surface area contributed by atoms with Crippen LogP contribution in [-0.2, 0) is 10.8 Å². The Morgan fingerprint density at radius 3 is 1.38 bits per heavy atom. The minimum atomic E-state index is 0.112. The van der Waals surface area contributed by atoms with Crippen LogP contribution in [0.2, 0.25) is 0 Å². The zero-order valence-electron chi connectivity index (χ0n) is 23.8. The fraction of sp³-hybridized carbons (Fsp3) is 0.278. The van der Waals surface area contributed by atoms with E-state index in [0.717, 1.165) is 5.69 Å². The predicted octanol–water partition coefficient (Wildman–Crippen LogP) is 10.5. The average Bonchev–Trinajstić information content (AvgIpc) is 2.83. The molecule has 4 aromatic rings. The van der Waals surface area contributed by atoms with Gasteiger partial charge in [-0.25, -0.2) is 0 Å². The van der Waals surface area contributed by atoms with Crippen LogP contribution in [0.4, 0.5) is 17.1 Å². The summed E-state index contributed by atoms with van der Waals surface area (Å²) in [6.45, 7) is 18.0. The lowest BCUT2D eigenvalue weighted by Gasteiger charge is -2.26. The molecule has 1 nitrogen and oxygen atoms in total. The van der Waals surface area contributed by atoms with Crippen LogP contribution >= 0.6 is 0 Å². The van der Waals surface area contributed by atoms with E-state index in [0.29, 0.717) is 0 Å². The molecule has 0 saturated heterocycles. The number of nitrogens with zero attached hydrogens (tertiary/aromatic N) is 1. The zero-order valence-corrected chi connectivity index (χ0v) is 23.8. The molecule has 1 heteroatoms. The van der Waals surface area contributed by atoms with Gasteiger partial charge in [-0.2, -0.15) is 0 Å². The lowest BCUT2D eigenvalue weighted by atomic mass is 9.79. The van der Waals surface area contributed by atoms with E-state index in [1.807, 2.05) is 0 Å². The number of benzene rings is 4. The van der Waals surface area contributed by atoms with Crippen LogP contribution in [-0.4, -0.2) is 0 Å². The van der Waals surface area contributed by atoms with Gasteiger partial charge in [-0.3, -0.25) is 0 Å². The van der Waals surface area contributed by atoms with Gasteiger partial charge in [0.25, 0.3) is 0 Å². The molecule has 0 aliphatic rings. The van der Waals surface area contributed by atoms with Crippen molar-refractivity contribution in [3.05, 3.63) is 124 Å². The standard InChI is InChI=1S/C36H41N/c1-26-11-9-13-33(21-26)37(34-14-10-12-27(2)22-34)32-19-17-28(18-20-32)15-16-29-23-30(35(3,4)5)25-31(24-29)36(6,7)8/h9-25H,1-8H3/b16-15+. The van der Waals surface area contributed by atoms with Gasteiger partial charge in [-0.05, 0) is 94.5 Å². The SMILES string of the molecule is Cc1cccc(N(c2ccc(/C=C/c3cc(C(C)(C)C)cc(C(C)(C)C)c3)cc2)c2cccc(C)c2)c1. The van der Waals surface area contributed by atoms with Crippen molar-refractivity contribution in [2.45, 2.75) is 66.2 Å². The first-order valence-corrected chi connectivity index (χ1v) is 13.3. The Balaban J connectivity index is 1.68. The van der Waals surface area contributed by atoms with E-state index in [2.05, 4.69) is 163 Å². The van der Waals surface area contributed by atoms with Crippen LogP contribution in [0.5, 0.6) is 0 Å². The lowest BCUT2D eigenvalue weighted by Crippen LogP contribution is -2.16. The van der Waals surface area contributed by atoms with E-state index in [-0.39, 0.29) is 10.8 Å². The number of hydrogen-bond donors (Lipinski definition) is 0. The van der Waals surface area contributed by atoms with E-state index < -0.39 is 0 Å². The second-order valence-electron chi connectivity index (χ2n) is 12.3. The van der Waals surface area contributed by atoms with Crippen LogP contribution in [0.3, 0.4) is 0 Å². The van der Waals surface area contributed by atoms with Crippen LogP contribution < -0.4 is 4.90 Å². The van der Waals surface area contributed by atoms with Crippen LogP contribution in [0.15, 0.2) is 91.0 Å². The second-order valence-corrected chi connectivity index (χ2v) is 12.3. The summed E-state index contributed by atoms with van der Waals surface area (Å²) in [5.41, 5.74) is 11.4. The van der Waals surface area contributed by atoms with E-state index in [4.69, 9.17) is 0 Å². The molecule has 0 heterocycles. The van der Waals surface area contributed by atoms with Crippen molar-refractivity contribution in [2.75, 3.05) is 4.90 Å². The fourth-order valence-electron chi connectivity index (χ4n) is 4.52. The van der Waals surface area contributed by atoms with Crippen LogP contribution in [0, 0.1) is 13.8 Å². The third-order valence-corrected chi connectivity index (χ3v) is 6.83. The Kier molecular flexibility index (Phi) is 7.46. The smallest absolute Gasteiger partial charge is 0.0464 e. The summed E-state index contributed by atoms with van der Waals surface area (Å²) in [7, 11) is 0. The molecule has 0 saturated carbocycles. The van der Waals surface area contributed by atoms with Gasteiger partial charge < -0.3 is 4.90 Å². The van der Waals surface area contributed by atoms with Gasteiger partial charge in [0.2, 0.25) is 0 Å². The molecular formula is C36H41N. The fourth-order valence-corrected chi connectivity index (χ4v) is 4.52. The number of anilines is 3. The maximum absolute atomic E-state index is 2.37. The van der Waals surface area contributed by atoms with Gasteiger partial charge in [0, 0.05) is 17.1 Å². The molecule has 4 aromatic carbocycles. The number of rotatable bonds is 5. The Morgan fingerprint density at radius 2 is 0.946 bits per heavy atom. The van der Waals surface area contributed by atoms with Crippen molar-refractivity contribution in [1.29, 1.82) is 0 Å². The molecule has 0 aliphatic carbocycles. The minimum absolute atomic E-state index is 0.112. The highest BCUT2D eigenvalue weighted by molar-refractivity contribution is 5.78. The van der Waals surface area contributed by atoms with Gasteiger partial charge in [0.05, 0.1) is 0 Å². The second kappa shape index (κ2) is 10.4. The number of aryl methyl sites for hydroxylation is 2. The van der Waals surface area contributed by atoms with Gasteiger partial charge in [-0.15, -0.1) is 0 Å². The molecule has 4 rings (SSSR count). The lowest BCUT2D eigenvalue weighted by molar-refractivity contribution is 0.568. The first-order chi connectivity index (χ1) is 17.4. The molecule has 190 valence electrons. The molecule has 0 N–H and O–H groups in total. The monoisotopic (exact) mass is 487 g/mol. The highest BCUT2D eigenvalue weighted by atomic mass is 15.1. The maximum atomic E-state index is 2.37. The van der Waals surface area contributed by atoms with E-state index in [9.17, 15) is 0 Å². The van der Waals surface area contributed by atoms with E-state index >= 15 is 0 Å². The molecule has 0 unspecified atom stereocenters. The van der Waals surface area contributed by atoms with Crippen molar-refractivity contribution in [3.8, 4) is 0 Å². The molecule has 0 aromatic heterocycles. The van der Waals surface area contributed by atoms with Gasteiger partial charge >= 0.3 is 0 Å². The summed E-state index contributed by atoms with van der Waals surface area (Å²) in [6, 6.07) is 33.3. The molecule has 0 fully saturated rings. The Bertz CT molecular complexity index is 1310. The third-order valence-electron chi connectivity index (χ3n) is 6.83. The van der Waals surface area contributed by atoms with Gasteiger partial charge in [-0.1, -0.05) is 108 Å². The molecule has 0 spiro atoms. The highest BCUT2D eigenvalue weighted by Gasteiger charge is 2.20. The van der Waals surface area contributed by atoms with Crippen molar-refractivity contribution in [3.63, 3.8) is 0 Å². The zero-order chi connectivity index (χ0) is 26.8. The summed E-state index contributed by atoms with van der Waals surface area (Å²) >= 11 is 0. The Morgan fingerprint density at radius 1 is 0.486 bits per heavy atom. The van der Waals surface area contributed by atoms with Crippen molar-refractivity contribution in [2.24, 2.45) is 0 Å². The van der Waals surface area contributed by atoms with Gasteiger partial charge in [0.15, 0.2) is 0 Å². The van der Waals surface area contributed by atoms with Crippen molar-refractivity contribution >= 4 is 29.2 Å². The summed E-state index contributed by atoms with van der Waals surface area (Å²) in [5, 5.41) is 0. The molecule has 0 amide bonds. The summed E-state index contributed by atoms with van der Waals surface area (Å²) in [4.78, 5) is 2.33. The van der Waals surface area contributed by atoms with Gasteiger partial charge in [0.1, 0.15) is 0 Å². The summed E-state index contributed by atoms with van der Waals surface area (Å²) < 4.78 is 0. The quantitative estimate of drug-likeness (QED) is 0.253. The minimum Gasteiger partial charge on any atom is -0.310 e. The molecule has 37 heavy (non-hydrogen) atoms. The normalized spacial score (nSPS) is 12.2. The maximum Gasteiger partial charge on any atom is 0.0464 e. The molecule has 0 radical (unpaired) electrons. The third kappa shape index (κ3) is 6.60. The first-order valence-electron chi connectivity index (χ1n) is 13.3. The predicted molar refractivity (Wildman–Crippen MR) is 163 cm³/mol. The largest absolute Gasteiger partial charge is 0.310 e. The number of hydrogen-bond acceptors (Lipinski definition) is 1. The first kappa shape index (κ1) is 26.5. The molecule has 0 bridgehead atoms. The van der Waals surface area contributed by atoms with Crippen molar-refractivity contribution < 1.29 is 0 Å². The van der Waals surface area contributed by atoms with Crippen LogP contribution in [0.1, 0.15) is 74.9 Å². The highest BCUT2D eigenvalue weighted by Crippen LogP contribution is 2.36. The topological polar surface area (TPSA) is 3.24 Å². The average molecular weight is 488 g/mol. The van der Waals surface area contributed by atoms with Crippen LogP contribution in [0.25, 0.3) is 12.2 Å².